The number of aliphatic hydroxyl groups excluding tert-OH is 1. The van der Waals surface area contributed by atoms with Crippen molar-refractivity contribution < 1.29 is 18.7 Å². The molecule has 3 nitrogen and oxygen atoms in total. The molecule has 0 aliphatic heterocycles. The molecule has 1 amide bonds. The first kappa shape index (κ1) is 17.4. The summed E-state index contributed by atoms with van der Waals surface area (Å²) in [6.45, 7) is 1.52. The zero-order chi connectivity index (χ0) is 17.0. The van der Waals surface area contributed by atoms with Crippen LogP contribution in [0.5, 0.6) is 0 Å². The van der Waals surface area contributed by atoms with Crippen molar-refractivity contribution in [2.45, 2.75) is 13.5 Å². The van der Waals surface area contributed by atoms with Crippen molar-refractivity contribution in [1.29, 1.82) is 0 Å². The van der Waals surface area contributed by atoms with Gasteiger partial charge in [-0.2, -0.15) is 0 Å². The minimum Gasteiger partial charge on any atom is -0.395 e. The van der Waals surface area contributed by atoms with Gasteiger partial charge in [0.05, 0.1) is 17.2 Å². The maximum atomic E-state index is 14.0. The van der Waals surface area contributed by atoms with Gasteiger partial charge in [0.15, 0.2) is 0 Å². The first-order valence-corrected chi connectivity index (χ1v) is 7.41. The summed E-state index contributed by atoms with van der Waals surface area (Å²) in [6.07, 6.45) is 0. The molecule has 0 spiro atoms. The number of aliphatic hydroxyl groups is 1. The summed E-state index contributed by atoms with van der Waals surface area (Å²) in [6, 6.07) is 8.28. The van der Waals surface area contributed by atoms with Crippen LogP contribution in [0.15, 0.2) is 36.4 Å². The van der Waals surface area contributed by atoms with E-state index >= 15 is 0 Å². The molecule has 0 aliphatic carbocycles. The molecule has 0 radical (unpaired) electrons. The summed E-state index contributed by atoms with van der Waals surface area (Å²) in [5.74, 6) is -1.72. The highest BCUT2D eigenvalue weighted by Gasteiger charge is 2.23. The van der Waals surface area contributed by atoms with Crippen molar-refractivity contribution in [3.8, 4) is 0 Å². The van der Waals surface area contributed by atoms with Crippen LogP contribution in [0.4, 0.5) is 8.78 Å². The topological polar surface area (TPSA) is 40.5 Å². The number of carbonyl (C=O) groups is 1. The molecule has 0 aromatic heterocycles. The second-order valence-corrected chi connectivity index (χ2v) is 5.51. The Bertz CT molecular complexity index is 704. The Kier molecular flexibility index (Phi) is 5.69. The molecule has 0 saturated heterocycles. The van der Waals surface area contributed by atoms with Gasteiger partial charge in [0.2, 0.25) is 0 Å². The van der Waals surface area contributed by atoms with Crippen LogP contribution >= 0.6 is 11.6 Å². The molecule has 0 unspecified atom stereocenters. The molecule has 122 valence electrons. The fourth-order valence-corrected chi connectivity index (χ4v) is 2.43. The lowest BCUT2D eigenvalue weighted by atomic mass is 10.1. The zero-order valence-corrected chi connectivity index (χ0v) is 13.3. The Hall–Kier alpha value is -1.98. The van der Waals surface area contributed by atoms with Crippen LogP contribution in [-0.2, 0) is 6.54 Å². The van der Waals surface area contributed by atoms with E-state index in [9.17, 15) is 13.6 Å². The third-order valence-electron chi connectivity index (χ3n) is 3.44. The van der Waals surface area contributed by atoms with Crippen LogP contribution in [0, 0.1) is 18.6 Å². The van der Waals surface area contributed by atoms with E-state index in [-0.39, 0.29) is 36.1 Å². The normalized spacial score (nSPS) is 10.7. The fraction of sp³-hybridized carbons (Fsp3) is 0.235. The van der Waals surface area contributed by atoms with Crippen LogP contribution in [0.2, 0.25) is 5.02 Å². The lowest BCUT2D eigenvalue weighted by molar-refractivity contribution is 0.0703. The Balaban J connectivity index is 2.32. The van der Waals surface area contributed by atoms with Crippen LogP contribution in [0.1, 0.15) is 21.5 Å². The average Bonchev–Trinajstić information content (AvgIpc) is 2.53. The van der Waals surface area contributed by atoms with Gasteiger partial charge >= 0.3 is 0 Å². The number of hydrogen-bond donors (Lipinski definition) is 1. The molecule has 6 heteroatoms. The van der Waals surface area contributed by atoms with Gasteiger partial charge in [0, 0.05) is 13.1 Å². The molecular weight excluding hydrogens is 324 g/mol. The molecule has 0 bridgehead atoms. The van der Waals surface area contributed by atoms with E-state index in [0.29, 0.717) is 11.1 Å². The van der Waals surface area contributed by atoms with E-state index in [1.165, 1.54) is 41.3 Å². The molecule has 0 atom stereocenters. The van der Waals surface area contributed by atoms with Gasteiger partial charge in [-0.3, -0.25) is 4.79 Å². The molecule has 0 saturated carbocycles. The average molecular weight is 340 g/mol. The predicted octanol–water partition coefficient (Wildman–Crippen LogP) is 3.56. The minimum atomic E-state index is -0.715. The highest BCUT2D eigenvalue weighted by atomic mass is 35.5. The van der Waals surface area contributed by atoms with E-state index in [1.54, 1.807) is 6.92 Å². The van der Waals surface area contributed by atoms with Gasteiger partial charge in [-0.25, -0.2) is 8.78 Å². The third-order valence-corrected chi connectivity index (χ3v) is 3.93. The number of benzene rings is 2. The molecule has 23 heavy (non-hydrogen) atoms. The van der Waals surface area contributed by atoms with Crippen LogP contribution in [0.3, 0.4) is 0 Å². The largest absolute Gasteiger partial charge is 0.395 e. The van der Waals surface area contributed by atoms with Gasteiger partial charge in [-0.1, -0.05) is 29.8 Å². The Morgan fingerprint density at radius 2 is 1.83 bits per heavy atom. The summed E-state index contributed by atoms with van der Waals surface area (Å²) in [7, 11) is 0. The molecule has 2 aromatic carbocycles. The summed E-state index contributed by atoms with van der Waals surface area (Å²) in [5.41, 5.74) is 1.03. The summed E-state index contributed by atoms with van der Waals surface area (Å²) in [5, 5.41) is 9.22. The van der Waals surface area contributed by atoms with Crippen molar-refractivity contribution in [1.82, 2.24) is 4.90 Å². The Labute approximate surface area is 138 Å². The summed E-state index contributed by atoms with van der Waals surface area (Å²) in [4.78, 5) is 13.9. The first-order chi connectivity index (χ1) is 10.9. The number of hydrogen-bond acceptors (Lipinski definition) is 2. The monoisotopic (exact) mass is 339 g/mol. The second kappa shape index (κ2) is 7.53. The molecule has 2 aromatic rings. The minimum absolute atomic E-state index is 0.0138. The second-order valence-electron chi connectivity index (χ2n) is 5.13. The number of carbonyl (C=O) groups excluding carboxylic acids is 1. The van der Waals surface area contributed by atoms with E-state index < -0.39 is 11.7 Å². The highest BCUT2D eigenvalue weighted by Crippen LogP contribution is 2.25. The zero-order valence-electron chi connectivity index (χ0n) is 12.5. The SMILES string of the molecule is Cc1ccc(F)c(C(=O)N(CCO)Cc2ccc(F)cc2)c1Cl. The number of aryl methyl sites for hydroxylation is 1. The number of amides is 1. The fourth-order valence-electron chi connectivity index (χ4n) is 2.19. The molecule has 2 rings (SSSR count). The van der Waals surface area contributed by atoms with Crippen LogP contribution < -0.4 is 0 Å². The summed E-state index contributed by atoms with van der Waals surface area (Å²) < 4.78 is 27.0. The number of rotatable bonds is 5. The third kappa shape index (κ3) is 4.06. The molecular formula is C17H16ClF2NO2. The van der Waals surface area contributed by atoms with Gasteiger partial charge in [0.1, 0.15) is 11.6 Å². The first-order valence-electron chi connectivity index (χ1n) is 7.03. The lowest BCUT2D eigenvalue weighted by Gasteiger charge is -2.23. The van der Waals surface area contributed by atoms with Gasteiger partial charge in [-0.15, -0.1) is 0 Å². The highest BCUT2D eigenvalue weighted by molar-refractivity contribution is 6.34. The molecule has 0 heterocycles. The van der Waals surface area contributed by atoms with Crippen LogP contribution in [0.25, 0.3) is 0 Å². The van der Waals surface area contributed by atoms with Crippen molar-refractivity contribution in [2.75, 3.05) is 13.2 Å². The lowest BCUT2D eigenvalue weighted by Crippen LogP contribution is -2.34. The van der Waals surface area contributed by atoms with Gasteiger partial charge < -0.3 is 10.0 Å². The maximum Gasteiger partial charge on any atom is 0.258 e. The molecule has 0 aliphatic rings. The molecule has 1 N–H and O–H groups in total. The number of halogens is 3. The van der Waals surface area contributed by atoms with Gasteiger partial charge in [0.25, 0.3) is 5.91 Å². The predicted molar refractivity (Wildman–Crippen MR) is 84.4 cm³/mol. The Morgan fingerprint density at radius 3 is 2.43 bits per heavy atom. The van der Waals surface area contributed by atoms with Gasteiger partial charge in [-0.05, 0) is 36.2 Å². The van der Waals surface area contributed by atoms with E-state index in [0.717, 1.165) is 0 Å². The summed E-state index contributed by atoms with van der Waals surface area (Å²) >= 11 is 6.06. The molecule has 0 fully saturated rings. The van der Waals surface area contributed by atoms with Crippen molar-refractivity contribution in [3.63, 3.8) is 0 Å². The van der Waals surface area contributed by atoms with E-state index in [1.807, 2.05) is 0 Å². The standard InChI is InChI=1S/C17H16ClF2NO2/c1-11-2-7-14(20)15(16(11)18)17(23)21(8-9-22)10-12-3-5-13(19)6-4-12/h2-7,22H,8-10H2,1H3. The van der Waals surface area contributed by atoms with Crippen molar-refractivity contribution in [3.05, 3.63) is 69.7 Å². The van der Waals surface area contributed by atoms with Crippen molar-refractivity contribution >= 4 is 17.5 Å². The van der Waals surface area contributed by atoms with Crippen LogP contribution in [-0.4, -0.2) is 29.1 Å². The number of nitrogens with zero attached hydrogens (tertiary/aromatic N) is 1. The smallest absolute Gasteiger partial charge is 0.258 e. The quantitative estimate of drug-likeness (QED) is 0.904. The van der Waals surface area contributed by atoms with E-state index in [4.69, 9.17) is 16.7 Å². The maximum absolute atomic E-state index is 14.0. The van der Waals surface area contributed by atoms with Crippen molar-refractivity contribution in [2.24, 2.45) is 0 Å². The Morgan fingerprint density at radius 1 is 1.17 bits per heavy atom. The van der Waals surface area contributed by atoms with E-state index in [2.05, 4.69) is 0 Å².